The van der Waals surface area contributed by atoms with Crippen molar-refractivity contribution >= 4 is 23.3 Å². The fourth-order valence-electron chi connectivity index (χ4n) is 10.6. The topological polar surface area (TPSA) is 47.7 Å². The highest BCUT2D eigenvalue weighted by atomic mass is 32.2. The Bertz CT molecular complexity index is 1060. The van der Waals surface area contributed by atoms with Crippen LogP contribution >= 0.6 is 11.8 Å². The van der Waals surface area contributed by atoms with E-state index >= 15 is 0 Å². The molecule has 0 heterocycles. The molecule has 0 aromatic rings. The van der Waals surface area contributed by atoms with Crippen LogP contribution in [-0.2, 0) is 14.3 Å². The molecule has 5 aliphatic rings. The number of rotatable bonds is 4. The van der Waals surface area contributed by atoms with Crippen molar-refractivity contribution in [3.63, 3.8) is 0 Å². The number of ether oxygens (including phenoxy) is 1. The molecule has 0 aromatic heterocycles. The second kappa shape index (κ2) is 8.95. The Balaban J connectivity index is 1.58. The van der Waals surface area contributed by atoms with Crippen molar-refractivity contribution in [3.05, 3.63) is 23.2 Å². The van der Waals surface area contributed by atoms with Crippen molar-refractivity contribution in [1.82, 2.24) is 0 Å². The molecule has 5 heteroatoms. The molecule has 0 saturated heterocycles. The van der Waals surface area contributed by atoms with E-state index in [1.165, 1.54) is 6.42 Å². The first-order chi connectivity index (χ1) is 17.3. The monoisotopic (exact) mass is 525 g/mol. The fourth-order valence-corrected chi connectivity index (χ4v) is 10.8. The Morgan fingerprint density at radius 3 is 2.41 bits per heavy atom. The summed E-state index contributed by atoms with van der Waals surface area (Å²) >= 11 is 1.74. The number of carbonyl (C=O) groups excluding carboxylic acids is 2. The van der Waals surface area contributed by atoms with Gasteiger partial charge in [0.15, 0.2) is 5.78 Å². The molecule has 4 fully saturated rings. The summed E-state index contributed by atoms with van der Waals surface area (Å²) in [5.41, 5.74) is 0.315. The third-order valence-electron chi connectivity index (χ3n) is 12.9. The lowest BCUT2D eigenvalue weighted by Crippen LogP contribution is -2.68. The van der Waals surface area contributed by atoms with E-state index in [0.717, 1.165) is 51.1 Å². The van der Waals surface area contributed by atoms with Crippen LogP contribution in [0.5, 0.6) is 0 Å². The zero-order valence-corrected chi connectivity index (χ0v) is 24.9. The average molecular weight is 526 g/mol. The summed E-state index contributed by atoms with van der Waals surface area (Å²) in [4.78, 5) is 31.1. The lowest BCUT2D eigenvalue weighted by Gasteiger charge is -2.71. The van der Waals surface area contributed by atoms with E-state index in [1.807, 2.05) is 13.0 Å². The van der Waals surface area contributed by atoms with Crippen molar-refractivity contribution in [2.24, 2.45) is 56.7 Å². The van der Waals surface area contributed by atoms with Crippen LogP contribution in [0.3, 0.4) is 0 Å². The summed E-state index contributed by atoms with van der Waals surface area (Å²) < 4.78 is 6.25. The van der Waals surface area contributed by atoms with E-state index in [-0.39, 0.29) is 56.5 Å². The molecule has 4 nitrogen and oxygen atoms in total. The number of fused-ring (bicyclic) bond motifs is 7. The summed E-state index contributed by atoms with van der Waals surface area (Å²) in [6, 6.07) is 0. The van der Waals surface area contributed by atoms with E-state index in [0.29, 0.717) is 23.8 Å². The minimum Gasteiger partial charge on any atom is -0.370 e. The quantitative estimate of drug-likeness (QED) is 0.216. The van der Waals surface area contributed by atoms with Crippen molar-refractivity contribution in [1.29, 1.82) is 0 Å². The Labute approximate surface area is 228 Å². The Hall–Kier alpha value is -1.12. The Kier molecular flexibility index (Phi) is 6.64. The third-order valence-corrected chi connectivity index (χ3v) is 13.3. The zero-order valence-electron chi connectivity index (χ0n) is 24.1. The maximum absolute atomic E-state index is 14.5. The van der Waals surface area contributed by atoms with Gasteiger partial charge in [-0.3, -0.25) is 4.79 Å². The molecule has 0 aromatic carbocycles. The van der Waals surface area contributed by atoms with Gasteiger partial charge >= 0.3 is 0 Å². The number of nitrogens with zero attached hydrogens (tertiary/aromatic N) is 1. The number of hydrogen-bond donors (Lipinski definition) is 0. The van der Waals surface area contributed by atoms with Crippen molar-refractivity contribution in [2.45, 2.75) is 92.9 Å². The molecular formula is C32H47NO3S. The standard InChI is InChI=1S/C32H47NO3S/c1-20-21-9-10-30(5)25(29(21,4)17-23(33-7)27(20)35)15-24(34)26-22-16-28(2,3)11-13-32(22,18-36-19-37-8)14-12-31(26,30)6/h17,20-22,25-26H,9-16,18-19H2,1-6,8H3/t20-,21-,22-,25+,26-,29-,30+,31+,32+/m0/s1. The maximum Gasteiger partial charge on any atom is 0.226 e. The predicted octanol–water partition coefficient (Wildman–Crippen LogP) is 7.59. The SMILES string of the molecule is [C-]#[N+]C1=C[C@]2(C)[C@H]3CC(=O)[C@@H]4[C@@H]5CC(C)(C)CC[C@]5(COCSC)CC[C@@]4(C)[C@]3(C)CC[C@H]2[C@H](C)C1=O. The van der Waals surface area contributed by atoms with Gasteiger partial charge in [-0.1, -0.05) is 47.6 Å². The molecule has 204 valence electrons. The molecule has 37 heavy (non-hydrogen) atoms. The summed E-state index contributed by atoms with van der Waals surface area (Å²) in [6.07, 6.45) is 12.5. The van der Waals surface area contributed by atoms with Crippen LogP contribution in [0, 0.1) is 63.2 Å². The number of carbonyl (C=O) groups is 2. The molecule has 0 aliphatic heterocycles. The fraction of sp³-hybridized carbons (Fsp3) is 0.844. The van der Waals surface area contributed by atoms with Gasteiger partial charge in [-0.05, 0) is 96.0 Å². The van der Waals surface area contributed by atoms with Crippen LogP contribution in [0.25, 0.3) is 4.85 Å². The van der Waals surface area contributed by atoms with Crippen LogP contribution in [0.2, 0.25) is 0 Å². The highest BCUT2D eigenvalue weighted by molar-refractivity contribution is 7.98. The number of ketones is 2. The summed E-state index contributed by atoms with van der Waals surface area (Å²) in [6.45, 7) is 22.5. The molecule has 0 amide bonds. The predicted molar refractivity (Wildman–Crippen MR) is 150 cm³/mol. The third kappa shape index (κ3) is 3.78. The van der Waals surface area contributed by atoms with Gasteiger partial charge in [-0.15, -0.1) is 11.8 Å². The molecular weight excluding hydrogens is 478 g/mol. The molecule has 0 spiro atoms. The Morgan fingerprint density at radius 1 is 1.03 bits per heavy atom. The smallest absolute Gasteiger partial charge is 0.226 e. The van der Waals surface area contributed by atoms with Gasteiger partial charge in [0.1, 0.15) is 5.78 Å². The molecule has 0 bridgehead atoms. The van der Waals surface area contributed by atoms with E-state index < -0.39 is 0 Å². The van der Waals surface area contributed by atoms with Crippen molar-refractivity contribution in [3.8, 4) is 0 Å². The first kappa shape index (κ1) is 27.4. The molecule has 5 rings (SSSR count). The zero-order chi connectivity index (χ0) is 27.0. The molecule has 0 radical (unpaired) electrons. The van der Waals surface area contributed by atoms with E-state index in [4.69, 9.17) is 11.3 Å². The highest BCUT2D eigenvalue weighted by Gasteiger charge is 2.71. The van der Waals surface area contributed by atoms with Gasteiger partial charge in [-0.2, -0.15) is 0 Å². The average Bonchev–Trinajstić information content (AvgIpc) is 2.83. The molecule has 5 aliphatic carbocycles. The van der Waals surface area contributed by atoms with Crippen LogP contribution in [0.1, 0.15) is 92.9 Å². The van der Waals surface area contributed by atoms with Gasteiger partial charge in [0.25, 0.3) is 0 Å². The first-order valence-corrected chi connectivity index (χ1v) is 15.9. The summed E-state index contributed by atoms with van der Waals surface area (Å²) in [7, 11) is 0. The van der Waals surface area contributed by atoms with Crippen LogP contribution in [0.4, 0.5) is 0 Å². The van der Waals surface area contributed by atoms with Gasteiger partial charge in [0.05, 0.1) is 19.1 Å². The largest absolute Gasteiger partial charge is 0.370 e. The summed E-state index contributed by atoms with van der Waals surface area (Å²) in [5.74, 6) is 1.87. The van der Waals surface area contributed by atoms with Gasteiger partial charge in [0, 0.05) is 18.3 Å². The van der Waals surface area contributed by atoms with Crippen LogP contribution in [0.15, 0.2) is 11.8 Å². The van der Waals surface area contributed by atoms with Crippen LogP contribution < -0.4 is 0 Å². The second-order valence-corrected chi connectivity index (χ2v) is 15.7. The second-order valence-electron chi connectivity index (χ2n) is 14.9. The first-order valence-electron chi connectivity index (χ1n) is 14.5. The lowest BCUT2D eigenvalue weighted by molar-refractivity contribution is -0.224. The number of thioether (sulfide) groups is 1. The van der Waals surface area contributed by atoms with Crippen LogP contribution in [-0.4, -0.2) is 30.4 Å². The van der Waals surface area contributed by atoms with Gasteiger partial charge < -0.3 is 9.53 Å². The molecule has 0 unspecified atom stereocenters. The van der Waals surface area contributed by atoms with Crippen molar-refractivity contribution < 1.29 is 14.3 Å². The molecule has 9 atom stereocenters. The maximum atomic E-state index is 14.5. The number of allylic oxidation sites excluding steroid dienone is 2. The van der Waals surface area contributed by atoms with E-state index in [2.05, 4.69) is 45.7 Å². The lowest BCUT2D eigenvalue weighted by atomic mass is 9.32. The molecule has 0 N–H and O–H groups in total. The highest BCUT2D eigenvalue weighted by Crippen LogP contribution is 2.75. The minimum atomic E-state index is -0.286. The Morgan fingerprint density at radius 2 is 1.73 bits per heavy atom. The van der Waals surface area contributed by atoms with E-state index in [9.17, 15) is 9.59 Å². The number of Topliss-reactive ketones (excluding diaryl/α,β-unsaturated/α-hetero) is 2. The summed E-state index contributed by atoms with van der Waals surface area (Å²) in [5, 5.41) is 0. The van der Waals surface area contributed by atoms with Gasteiger partial charge in [-0.25, -0.2) is 4.85 Å². The normalized spacial score (nSPS) is 48.6. The minimum absolute atomic E-state index is 0.00410. The van der Waals surface area contributed by atoms with Crippen molar-refractivity contribution in [2.75, 3.05) is 18.8 Å². The molecule has 4 saturated carbocycles. The number of hydrogen-bond acceptors (Lipinski definition) is 4. The van der Waals surface area contributed by atoms with Gasteiger partial charge in [0.2, 0.25) is 5.70 Å². The van der Waals surface area contributed by atoms with E-state index in [1.54, 1.807) is 11.8 Å².